The molecule has 0 aliphatic heterocycles. The summed E-state index contributed by atoms with van der Waals surface area (Å²) in [5.41, 5.74) is 3.09. The number of nitrogens with zero attached hydrogens (tertiary/aromatic N) is 3. The van der Waals surface area contributed by atoms with Gasteiger partial charge in [0.15, 0.2) is 0 Å². The first-order valence-electron chi connectivity index (χ1n) is 7.52. The number of aromatic nitrogens is 2. The molecule has 0 aliphatic rings. The summed E-state index contributed by atoms with van der Waals surface area (Å²) in [5, 5.41) is 4.44. The monoisotopic (exact) mass is 340 g/mol. The Morgan fingerprint density at radius 1 is 1.38 bits per heavy atom. The second-order valence-electron chi connectivity index (χ2n) is 5.17. The van der Waals surface area contributed by atoms with Crippen LogP contribution in [0.2, 0.25) is 0 Å². The second-order valence-corrected chi connectivity index (χ2v) is 6.28. The van der Waals surface area contributed by atoms with Gasteiger partial charge < -0.3 is 0 Å². The summed E-state index contributed by atoms with van der Waals surface area (Å²) in [6.45, 7) is 1.91. The van der Waals surface area contributed by atoms with Crippen molar-refractivity contribution >= 4 is 33.7 Å². The molecule has 6 nitrogen and oxygen atoms in total. The number of hydrogen-bond acceptors (Lipinski definition) is 5. The Labute approximate surface area is 142 Å². The van der Waals surface area contributed by atoms with E-state index in [0.717, 1.165) is 16.9 Å². The van der Waals surface area contributed by atoms with Crippen LogP contribution < -0.4 is 11.0 Å². The van der Waals surface area contributed by atoms with E-state index in [9.17, 15) is 9.59 Å². The Bertz CT molecular complexity index is 944. The number of carbonyl (C=O) groups excluding carboxylic acids is 1. The number of benzene rings is 1. The van der Waals surface area contributed by atoms with E-state index >= 15 is 0 Å². The molecular formula is C17H16N4O2S. The van der Waals surface area contributed by atoms with E-state index in [0.29, 0.717) is 10.2 Å². The molecule has 0 fully saturated rings. The van der Waals surface area contributed by atoms with Crippen LogP contribution in [-0.4, -0.2) is 21.7 Å². The lowest BCUT2D eigenvalue weighted by Crippen LogP contribution is -2.29. The Balaban J connectivity index is 1.70. The first-order chi connectivity index (χ1) is 11.7. The first-order valence-corrected chi connectivity index (χ1v) is 8.34. The number of aryl methyl sites for hydroxylation is 1. The summed E-state index contributed by atoms with van der Waals surface area (Å²) in [6, 6.07) is 11.3. The van der Waals surface area contributed by atoms with Gasteiger partial charge in [-0.15, -0.1) is 11.3 Å². The maximum absolute atomic E-state index is 12.4. The average Bonchev–Trinajstić information content (AvgIpc) is 3.03. The molecule has 3 aromatic rings. The van der Waals surface area contributed by atoms with Gasteiger partial charge in [0.25, 0.3) is 11.5 Å². The fraction of sp³-hybridized carbons (Fsp3) is 0.176. The third-order valence-electron chi connectivity index (χ3n) is 3.43. The SMILES string of the molecule is CCc1cc2c(=O)n(CC(=O)N/N=C\c3ccccc3)cnc2s1. The fourth-order valence-corrected chi connectivity index (χ4v) is 3.13. The van der Waals surface area contributed by atoms with Gasteiger partial charge >= 0.3 is 0 Å². The van der Waals surface area contributed by atoms with Crippen LogP contribution in [0, 0.1) is 0 Å². The van der Waals surface area contributed by atoms with Crippen LogP contribution in [0.4, 0.5) is 0 Å². The molecule has 0 saturated heterocycles. The van der Waals surface area contributed by atoms with Crippen molar-refractivity contribution in [2.24, 2.45) is 5.10 Å². The van der Waals surface area contributed by atoms with Crippen molar-refractivity contribution in [3.05, 3.63) is 63.5 Å². The van der Waals surface area contributed by atoms with Gasteiger partial charge in [-0.3, -0.25) is 14.2 Å². The standard InChI is InChI=1S/C17H16N4O2S/c1-2-13-8-14-16(24-13)18-11-21(17(14)23)10-15(22)20-19-9-12-6-4-3-5-7-12/h3-9,11H,2,10H2,1H3,(H,20,22)/b19-9-. The fourth-order valence-electron chi connectivity index (χ4n) is 2.20. The van der Waals surface area contributed by atoms with Crippen LogP contribution >= 0.6 is 11.3 Å². The predicted molar refractivity (Wildman–Crippen MR) is 95.4 cm³/mol. The smallest absolute Gasteiger partial charge is 0.262 e. The quantitative estimate of drug-likeness (QED) is 0.571. The Morgan fingerprint density at radius 2 is 2.17 bits per heavy atom. The van der Waals surface area contributed by atoms with Crippen molar-refractivity contribution in [3.63, 3.8) is 0 Å². The second kappa shape index (κ2) is 7.18. The molecular weight excluding hydrogens is 324 g/mol. The summed E-state index contributed by atoms with van der Waals surface area (Å²) < 4.78 is 1.29. The minimum Gasteiger partial charge on any atom is -0.289 e. The highest BCUT2D eigenvalue weighted by Crippen LogP contribution is 2.20. The van der Waals surface area contributed by atoms with Crippen molar-refractivity contribution < 1.29 is 4.79 Å². The van der Waals surface area contributed by atoms with Crippen LogP contribution in [0.3, 0.4) is 0 Å². The van der Waals surface area contributed by atoms with Gasteiger partial charge in [0.2, 0.25) is 0 Å². The Morgan fingerprint density at radius 3 is 2.92 bits per heavy atom. The highest BCUT2D eigenvalue weighted by atomic mass is 32.1. The van der Waals surface area contributed by atoms with E-state index < -0.39 is 0 Å². The number of nitrogens with one attached hydrogen (secondary N) is 1. The van der Waals surface area contributed by atoms with Crippen LogP contribution in [0.1, 0.15) is 17.4 Å². The van der Waals surface area contributed by atoms with Crippen LogP contribution in [0.15, 0.2) is 52.6 Å². The molecule has 1 amide bonds. The molecule has 0 radical (unpaired) electrons. The van der Waals surface area contributed by atoms with Crippen molar-refractivity contribution in [2.75, 3.05) is 0 Å². The zero-order valence-corrected chi connectivity index (χ0v) is 13.9. The summed E-state index contributed by atoms with van der Waals surface area (Å²) >= 11 is 1.50. The number of fused-ring (bicyclic) bond motifs is 1. The molecule has 1 aromatic carbocycles. The number of hydrogen-bond donors (Lipinski definition) is 1. The predicted octanol–water partition coefficient (Wildman–Crippen LogP) is 2.17. The number of carbonyl (C=O) groups is 1. The Hall–Kier alpha value is -2.80. The average molecular weight is 340 g/mol. The van der Waals surface area contributed by atoms with E-state index in [1.807, 2.05) is 43.3 Å². The minimum absolute atomic E-state index is 0.120. The number of thiophene rings is 1. The van der Waals surface area contributed by atoms with Crippen LogP contribution in [0.5, 0.6) is 0 Å². The van der Waals surface area contributed by atoms with E-state index in [1.165, 1.54) is 22.2 Å². The van der Waals surface area contributed by atoms with Crippen LogP contribution in [0.25, 0.3) is 10.2 Å². The highest BCUT2D eigenvalue weighted by molar-refractivity contribution is 7.18. The van der Waals surface area contributed by atoms with Gasteiger partial charge in [0.05, 0.1) is 17.9 Å². The summed E-state index contributed by atoms with van der Waals surface area (Å²) in [4.78, 5) is 30.4. The zero-order chi connectivity index (χ0) is 16.9. The molecule has 0 unspecified atom stereocenters. The van der Waals surface area contributed by atoms with E-state index in [2.05, 4.69) is 15.5 Å². The van der Waals surface area contributed by atoms with E-state index in [-0.39, 0.29) is 18.0 Å². The lowest BCUT2D eigenvalue weighted by Gasteiger charge is -2.03. The topological polar surface area (TPSA) is 76.3 Å². The van der Waals surface area contributed by atoms with Gasteiger partial charge in [0.1, 0.15) is 11.4 Å². The minimum atomic E-state index is -0.378. The lowest BCUT2D eigenvalue weighted by molar-refractivity contribution is -0.121. The first kappa shape index (κ1) is 16.1. The summed E-state index contributed by atoms with van der Waals surface area (Å²) in [5.74, 6) is -0.378. The summed E-state index contributed by atoms with van der Waals surface area (Å²) in [7, 11) is 0. The van der Waals surface area contributed by atoms with Gasteiger partial charge in [-0.1, -0.05) is 37.3 Å². The van der Waals surface area contributed by atoms with Gasteiger partial charge in [-0.2, -0.15) is 5.10 Å². The van der Waals surface area contributed by atoms with Gasteiger partial charge in [-0.25, -0.2) is 10.4 Å². The molecule has 0 bridgehead atoms. The molecule has 7 heteroatoms. The Kier molecular flexibility index (Phi) is 4.81. The van der Waals surface area contributed by atoms with Gasteiger partial charge in [0, 0.05) is 4.88 Å². The number of amides is 1. The zero-order valence-electron chi connectivity index (χ0n) is 13.1. The molecule has 3 rings (SSSR count). The molecule has 2 aromatic heterocycles. The number of rotatable bonds is 5. The molecule has 1 N–H and O–H groups in total. The van der Waals surface area contributed by atoms with Crippen molar-refractivity contribution in [1.29, 1.82) is 0 Å². The van der Waals surface area contributed by atoms with Gasteiger partial charge in [-0.05, 0) is 18.1 Å². The molecule has 24 heavy (non-hydrogen) atoms. The van der Waals surface area contributed by atoms with E-state index in [1.54, 1.807) is 6.21 Å². The van der Waals surface area contributed by atoms with Crippen molar-refractivity contribution in [3.8, 4) is 0 Å². The third kappa shape index (κ3) is 3.57. The largest absolute Gasteiger partial charge is 0.289 e. The normalized spacial score (nSPS) is 11.2. The molecule has 0 spiro atoms. The lowest BCUT2D eigenvalue weighted by atomic mass is 10.2. The highest BCUT2D eigenvalue weighted by Gasteiger charge is 2.10. The molecule has 0 saturated carbocycles. The molecule has 0 atom stereocenters. The van der Waals surface area contributed by atoms with Crippen LogP contribution in [-0.2, 0) is 17.8 Å². The van der Waals surface area contributed by atoms with Crippen molar-refractivity contribution in [2.45, 2.75) is 19.9 Å². The number of hydrazone groups is 1. The molecule has 2 heterocycles. The summed E-state index contributed by atoms with van der Waals surface area (Å²) in [6.07, 6.45) is 3.81. The molecule has 122 valence electrons. The molecule has 0 aliphatic carbocycles. The third-order valence-corrected chi connectivity index (χ3v) is 4.62. The maximum atomic E-state index is 12.4. The van der Waals surface area contributed by atoms with Crippen molar-refractivity contribution in [1.82, 2.24) is 15.0 Å². The maximum Gasteiger partial charge on any atom is 0.262 e. The van der Waals surface area contributed by atoms with E-state index in [4.69, 9.17) is 0 Å².